The summed E-state index contributed by atoms with van der Waals surface area (Å²) in [5.74, 6) is -2.83. The third kappa shape index (κ3) is 3.99. The van der Waals surface area contributed by atoms with E-state index in [0.717, 1.165) is 19.3 Å². The molecule has 3 atom stereocenters. The lowest BCUT2D eigenvalue weighted by atomic mass is 9.84. The number of primary amides is 1. The highest BCUT2D eigenvalue weighted by molar-refractivity contribution is 5.89. The monoisotopic (exact) mass is 257 g/mol. The van der Waals surface area contributed by atoms with E-state index in [1.165, 1.54) is 0 Å². The molecular weight excluding hydrogens is 238 g/mol. The van der Waals surface area contributed by atoms with E-state index >= 15 is 0 Å². The molecule has 6 N–H and O–H groups in total. The Balaban J connectivity index is 2.59. The Bertz CT molecular complexity index is 345. The summed E-state index contributed by atoms with van der Waals surface area (Å²) in [5, 5.41) is 11.2. The number of amides is 2. The van der Waals surface area contributed by atoms with Gasteiger partial charge in [-0.2, -0.15) is 0 Å². The SMILES string of the molecule is NC(=O)C[C@H](NC(=O)C1CCCCC1N)C(=O)O. The summed E-state index contributed by atoms with van der Waals surface area (Å²) in [6, 6.07) is -1.52. The number of carboxylic acids is 1. The van der Waals surface area contributed by atoms with Crippen LogP contribution in [0.5, 0.6) is 0 Å². The molecule has 7 nitrogen and oxygen atoms in total. The van der Waals surface area contributed by atoms with E-state index in [2.05, 4.69) is 5.32 Å². The average molecular weight is 257 g/mol. The van der Waals surface area contributed by atoms with Gasteiger partial charge in [0.05, 0.1) is 12.3 Å². The largest absolute Gasteiger partial charge is 0.480 e. The molecule has 0 aromatic carbocycles. The number of nitrogens with one attached hydrogen (secondary N) is 1. The Morgan fingerprint density at radius 2 is 1.89 bits per heavy atom. The second-order valence-electron chi connectivity index (χ2n) is 4.62. The van der Waals surface area contributed by atoms with Gasteiger partial charge in [-0.15, -0.1) is 0 Å². The first-order valence-electron chi connectivity index (χ1n) is 5.99. The van der Waals surface area contributed by atoms with Gasteiger partial charge in [0.15, 0.2) is 0 Å². The highest BCUT2D eigenvalue weighted by Gasteiger charge is 2.31. The lowest BCUT2D eigenvalue weighted by Crippen LogP contribution is -2.50. The first kappa shape index (κ1) is 14.4. The molecule has 0 bridgehead atoms. The van der Waals surface area contributed by atoms with Gasteiger partial charge in [-0.3, -0.25) is 9.59 Å². The zero-order valence-corrected chi connectivity index (χ0v) is 10.1. The first-order chi connectivity index (χ1) is 8.41. The second-order valence-corrected chi connectivity index (χ2v) is 4.62. The number of carbonyl (C=O) groups excluding carboxylic acids is 2. The molecule has 2 unspecified atom stereocenters. The molecule has 1 aliphatic carbocycles. The van der Waals surface area contributed by atoms with E-state index in [1.54, 1.807) is 0 Å². The predicted octanol–water partition coefficient (Wildman–Crippen LogP) is -1.05. The molecule has 18 heavy (non-hydrogen) atoms. The Morgan fingerprint density at radius 1 is 1.28 bits per heavy atom. The standard InChI is InChI=1S/C11H19N3O4/c12-7-4-2-1-3-6(7)10(16)14-8(11(17)18)5-9(13)15/h6-8H,1-5,12H2,(H2,13,15)(H,14,16)(H,17,18)/t6?,7?,8-/m0/s1. The minimum absolute atomic E-state index is 0.248. The van der Waals surface area contributed by atoms with Gasteiger partial charge in [0, 0.05) is 6.04 Å². The third-order valence-corrected chi connectivity index (χ3v) is 3.18. The second kappa shape index (κ2) is 6.34. The molecule has 0 saturated heterocycles. The Hall–Kier alpha value is -1.63. The van der Waals surface area contributed by atoms with Crippen molar-refractivity contribution < 1.29 is 19.5 Å². The number of hydrogen-bond donors (Lipinski definition) is 4. The van der Waals surface area contributed by atoms with E-state index in [1.807, 2.05) is 0 Å². The quantitative estimate of drug-likeness (QED) is 0.498. The maximum Gasteiger partial charge on any atom is 0.326 e. The number of carbonyl (C=O) groups is 3. The minimum Gasteiger partial charge on any atom is -0.480 e. The van der Waals surface area contributed by atoms with Gasteiger partial charge < -0.3 is 21.9 Å². The molecule has 2 amide bonds. The van der Waals surface area contributed by atoms with Crippen LogP contribution in [-0.2, 0) is 14.4 Å². The van der Waals surface area contributed by atoms with Gasteiger partial charge in [0.2, 0.25) is 11.8 Å². The molecule has 7 heteroatoms. The fourth-order valence-electron chi connectivity index (χ4n) is 2.17. The van der Waals surface area contributed by atoms with Crippen LogP contribution in [0.3, 0.4) is 0 Å². The van der Waals surface area contributed by atoms with Crippen molar-refractivity contribution in [1.29, 1.82) is 0 Å². The van der Waals surface area contributed by atoms with Crippen molar-refractivity contribution in [2.75, 3.05) is 0 Å². The summed E-state index contributed by atoms with van der Waals surface area (Å²) in [7, 11) is 0. The molecule has 0 spiro atoms. The van der Waals surface area contributed by atoms with Crippen LogP contribution in [0.1, 0.15) is 32.1 Å². The number of nitrogens with two attached hydrogens (primary N) is 2. The molecule has 1 saturated carbocycles. The fourth-order valence-corrected chi connectivity index (χ4v) is 2.17. The maximum atomic E-state index is 11.9. The average Bonchev–Trinajstić information content (AvgIpc) is 2.27. The molecule has 1 rings (SSSR count). The molecule has 102 valence electrons. The smallest absolute Gasteiger partial charge is 0.326 e. The number of rotatable bonds is 5. The summed E-state index contributed by atoms with van der Waals surface area (Å²) in [6.07, 6.45) is 2.87. The fraction of sp³-hybridized carbons (Fsp3) is 0.727. The van der Waals surface area contributed by atoms with Crippen molar-refractivity contribution in [3.8, 4) is 0 Å². The summed E-state index contributed by atoms with van der Waals surface area (Å²) in [6.45, 7) is 0. The molecule has 0 heterocycles. The van der Waals surface area contributed by atoms with Gasteiger partial charge >= 0.3 is 5.97 Å². The van der Waals surface area contributed by atoms with E-state index in [9.17, 15) is 14.4 Å². The van der Waals surface area contributed by atoms with Crippen LogP contribution in [0.2, 0.25) is 0 Å². The van der Waals surface area contributed by atoms with E-state index in [0.29, 0.717) is 6.42 Å². The third-order valence-electron chi connectivity index (χ3n) is 3.18. The number of hydrogen-bond acceptors (Lipinski definition) is 4. The molecule has 0 aliphatic heterocycles. The van der Waals surface area contributed by atoms with Crippen molar-refractivity contribution in [2.24, 2.45) is 17.4 Å². The lowest BCUT2D eigenvalue weighted by Gasteiger charge is -2.28. The normalized spacial score (nSPS) is 25.2. The van der Waals surface area contributed by atoms with E-state index < -0.39 is 30.2 Å². The Kier molecular flexibility index (Phi) is 5.08. The summed E-state index contributed by atoms with van der Waals surface area (Å²) >= 11 is 0. The zero-order valence-electron chi connectivity index (χ0n) is 10.1. The Labute approximate surface area is 105 Å². The minimum atomic E-state index is -1.27. The van der Waals surface area contributed by atoms with Crippen molar-refractivity contribution in [3.05, 3.63) is 0 Å². The van der Waals surface area contributed by atoms with Gasteiger partial charge in [0.1, 0.15) is 6.04 Å². The lowest BCUT2D eigenvalue weighted by molar-refractivity contribution is -0.144. The zero-order chi connectivity index (χ0) is 13.7. The van der Waals surface area contributed by atoms with Crippen molar-refractivity contribution in [1.82, 2.24) is 5.32 Å². The summed E-state index contributed by atoms with van der Waals surface area (Å²) in [5.41, 5.74) is 10.8. The van der Waals surface area contributed by atoms with Crippen molar-refractivity contribution in [3.63, 3.8) is 0 Å². The highest BCUT2D eigenvalue weighted by Crippen LogP contribution is 2.23. The topological polar surface area (TPSA) is 136 Å². The van der Waals surface area contributed by atoms with Crippen LogP contribution in [-0.4, -0.2) is 35.0 Å². The molecule has 1 fully saturated rings. The van der Waals surface area contributed by atoms with Crippen molar-refractivity contribution in [2.45, 2.75) is 44.2 Å². The van der Waals surface area contributed by atoms with Gasteiger partial charge in [-0.1, -0.05) is 12.8 Å². The van der Waals surface area contributed by atoms with Gasteiger partial charge in [0.25, 0.3) is 0 Å². The molecule has 0 radical (unpaired) electrons. The molecule has 0 aromatic rings. The molecular formula is C11H19N3O4. The predicted molar refractivity (Wildman–Crippen MR) is 63.3 cm³/mol. The maximum absolute atomic E-state index is 11.9. The summed E-state index contributed by atoms with van der Waals surface area (Å²) < 4.78 is 0. The van der Waals surface area contributed by atoms with Crippen LogP contribution < -0.4 is 16.8 Å². The first-order valence-corrected chi connectivity index (χ1v) is 5.99. The van der Waals surface area contributed by atoms with Crippen LogP contribution in [0.4, 0.5) is 0 Å². The van der Waals surface area contributed by atoms with E-state index in [4.69, 9.17) is 16.6 Å². The summed E-state index contributed by atoms with van der Waals surface area (Å²) in [4.78, 5) is 33.5. The number of aliphatic carboxylic acids is 1. The highest BCUT2D eigenvalue weighted by atomic mass is 16.4. The van der Waals surface area contributed by atoms with Crippen LogP contribution in [0.25, 0.3) is 0 Å². The van der Waals surface area contributed by atoms with Gasteiger partial charge in [-0.05, 0) is 12.8 Å². The van der Waals surface area contributed by atoms with Crippen LogP contribution >= 0.6 is 0 Å². The molecule has 0 aromatic heterocycles. The number of carboxylic acid groups (broad SMARTS) is 1. The molecule has 1 aliphatic rings. The van der Waals surface area contributed by atoms with Crippen molar-refractivity contribution >= 4 is 17.8 Å². The Morgan fingerprint density at radius 3 is 2.39 bits per heavy atom. The van der Waals surface area contributed by atoms with Crippen LogP contribution in [0.15, 0.2) is 0 Å². The van der Waals surface area contributed by atoms with Crippen LogP contribution in [0, 0.1) is 5.92 Å². The van der Waals surface area contributed by atoms with E-state index in [-0.39, 0.29) is 12.0 Å². The van der Waals surface area contributed by atoms with Gasteiger partial charge in [-0.25, -0.2) is 4.79 Å².